The summed E-state index contributed by atoms with van der Waals surface area (Å²) >= 11 is 0. The number of carbonyl (C=O) groups is 2. The molecule has 34 heavy (non-hydrogen) atoms. The number of benzene rings is 1. The number of ether oxygens (including phenoxy) is 1. The van der Waals surface area contributed by atoms with Crippen molar-refractivity contribution in [2.45, 2.75) is 58.0 Å². The zero-order chi connectivity index (χ0) is 23.8. The first-order chi connectivity index (χ1) is 16.4. The van der Waals surface area contributed by atoms with Crippen LogP contribution < -0.4 is 15.4 Å². The minimum atomic E-state index is -0.392. The van der Waals surface area contributed by atoms with Gasteiger partial charge in [-0.25, -0.2) is 14.4 Å². The molecule has 0 bridgehead atoms. The van der Waals surface area contributed by atoms with Crippen LogP contribution >= 0.6 is 0 Å². The van der Waals surface area contributed by atoms with Crippen LogP contribution in [0, 0.1) is 18.7 Å². The molecular formula is C25H28FN5O3. The Morgan fingerprint density at radius 3 is 2.65 bits per heavy atom. The van der Waals surface area contributed by atoms with E-state index in [-0.39, 0.29) is 23.9 Å². The highest BCUT2D eigenvalue weighted by molar-refractivity contribution is 6.09. The van der Waals surface area contributed by atoms with E-state index in [0.717, 1.165) is 25.7 Å². The van der Waals surface area contributed by atoms with E-state index in [4.69, 9.17) is 4.74 Å². The monoisotopic (exact) mass is 465 g/mol. The number of hydrogen-bond donors (Lipinski definition) is 3. The van der Waals surface area contributed by atoms with E-state index in [9.17, 15) is 14.0 Å². The van der Waals surface area contributed by atoms with Gasteiger partial charge in [-0.2, -0.15) is 0 Å². The van der Waals surface area contributed by atoms with Crippen molar-refractivity contribution in [3.05, 3.63) is 41.6 Å². The molecule has 2 aliphatic carbocycles. The second kappa shape index (κ2) is 9.04. The van der Waals surface area contributed by atoms with Gasteiger partial charge in [0.25, 0.3) is 5.91 Å². The van der Waals surface area contributed by atoms with E-state index < -0.39 is 5.82 Å². The molecule has 2 atom stereocenters. The topological polar surface area (TPSA) is 109 Å². The summed E-state index contributed by atoms with van der Waals surface area (Å²) in [7, 11) is 0. The summed E-state index contributed by atoms with van der Waals surface area (Å²) in [5, 5.41) is 6.00. The number of halogens is 1. The average molecular weight is 466 g/mol. The maximum atomic E-state index is 14.2. The van der Waals surface area contributed by atoms with Gasteiger partial charge in [0.05, 0.1) is 17.7 Å². The number of nitrogens with zero attached hydrogens (tertiary/aromatic N) is 2. The molecule has 2 fully saturated rings. The van der Waals surface area contributed by atoms with Crippen molar-refractivity contribution in [1.29, 1.82) is 0 Å². The van der Waals surface area contributed by atoms with Gasteiger partial charge in [0.2, 0.25) is 5.91 Å². The van der Waals surface area contributed by atoms with E-state index in [2.05, 4.69) is 25.6 Å². The van der Waals surface area contributed by atoms with Gasteiger partial charge in [-0.1, -0.05) is 0 Å². The molecule has 0 spiro atoms. The Morgan fingerprint density at radius 2 is 1.91 bits per heavy atom. The molecular weight excluding hydrogens is 437 g/mol. The number of hydrogen-bond acceptors (Lipinski definition) is 5. The summed E-state index contributed by atoms with van der Waals surface area (Å²) in [5.41, 5.74) is 3.16. The van der Waals surface area contributed by atoms with Crippen molar-refractivity contribution < 1.29 is 18.7 Å². The summed E-state index contributed by atoms with van der Waals surface area (Å²) in [4.78, 5) is 36.6. The van der Waals surface area contributed by atoms with Gasteiger partial charge >= 0.3 is 0 Å². The molecule has 0 unspecified atom stereocenters. The largest absolute Gasteiger partial charge is 0.493 e. The first-order valence-electron chi connectivity index (χ1n) is 11.7. The molecule has 2 amide bonds. The molecule has 0 aliphatic heterocycles. The maximum absolute atomic E-state index is 14.2. The number of nitrogens with one attached hydrogen (secondary N) is 3. The van der Waals surface area contributed by atoms with Crippen LogP contribution in [0.15, 0.2) is 24.5 Å². The molecule has 2 saturated carbocycles. The van der Waals surface area contributed by atoms with Gasteiger partial charge in [-0.05, 0) is 63.1 Å². The Kier molecular flexibility index (Phi) is 5.93. The summed E-state index contributed by atoms with van der Waals surface area (Å²) in [5.74, 6) is 0.420. The molecule has 2 aromatic heterocycles. The van der Waals surface area contributed by atoms with Gasteiger partial charge in [0.1, 0.15) is 29.1 Å². The predicted octanol–water partition coefficient (Wildman–Crippen LogP) is 3.65. The molecule has 2 heterocycles. The minimum absolute atomic E-state index is 0.0272. The Hall–Kier alpha value is -3.49. The fourth-order valence-electron chi connectivity index (χ4n) is 4.70. The molecule has 178 valence electrons. The van der Waals surface area contributed by atoms with Crippen molar-refractivity contribution in [3.8, 4) is 17.0 Å². The van der Waals surface area contributed by atoms with Crippen LogP contribution in [-0.2, 0) is 4.79 Å². The lowest BCUT2D eigenvalue weighted by Gasteiger charge is -2.14. The second-order valence-corrected chi connectivity index (χ2v) is 9.35. The maximum Gasteiger partial charge on any atom is 0.255 e. The molecule has 1 aromatic carbocycles. The van der Waals surface area contributed by atoms with E-state index in [1.54, 1.807) is 6.07 Å². The molecule has 8 nitrogen and oxygen atoms in total. The third kappa shape index (κ3) is 4.60. The molecule has 3 N–H and O–H groups in total. The lowest BCUT2D eigenvalue weighted by Crippen LogP contribution is -2.36. The van der Waals surface area contributed by atoms with Crippen molar-refractivity contribution in [1.82, 2.24) is 25.6 Å². The zero-order valence-corrected chi connectivity index (χ0v) is 19.3. The zero-order valence-electron chi connectivity index (χ0n) is 19.3. The van der Waals surface area contributed by atoms with Crippen LogP contribution in [0.1, 0.15) is 55.1 Å². The van der Waals surface area contributed by atoms with Crippen LogP contribution in [0.25, 0.3) is 22.3 Å². The highest BCUT2D eigenvalue weighted by Gasteiger charge is 2.29. The molecule has 9 heteroatoms. The number of fused-ring (bicyclic) bond motifs is 1. The van der Waals surface area contributed by atoms with Gasteiger partial charge in [-0.3, -0.25) is 9.59 Å². The van der Waals surface area contributed by atoms with E-state index in [0.29, 0.717) is 58.2 Å². The molecule has 0 saturated heterocycles. The highest BCUT2D eigenvalue weighted by Crippen LogP contribution is 2.37. The summed E-state index contributed by atoms with van der Waals surface area (Å²) in [6.07, 6.45) is 6.00. The lowest BCUT2D eigenvalue weighted by molar-refractivity contribution is -0.119. The van der Waals surface area contributed by atoms with Crippen molar-refractivity contribution in [3.63, 3.8) is 0 Å². The summed E-state index contributed by atoms with van der Waals surface area (Å²) in [6.45, 7) is 3.90. The number of carbonyl (C=O) groups excluding carboxylic acids is 2. The summed E-state index contributed by atoms with van der Waals surface area (Å²) in [6, 6.07) is 4.44. The minimum Gasteiger partial charge on any atom is -0.493 e. The Morgan fingerprint density at radius 1 is 1.15 bits per heavy atom. The smallest absolute Gasteiger partial charge is 0.255 e. The Labute approximate surface area is 196 Å². The third-order valence-electron chi connectivity index (χ3n) is 6.54. The van der Waals surface area contributed by atoms with E-state index in [1.165, 1.54) is 25.4 Å². The number of aromatic amines is 1. The fourth-order valence-corrected chi connectivity index (χ4v) is 4.70. The van der Waals surface area contributed by atoms with Gasteiger partial charge < -0.3 is 20.4 Å². The van der Waals surface area contributed by atoms with Crippen LogP contribution in [0.3, 0.4) is 0 Å². The molecule has 0 radical (unpaired) electrons. The quantitative estimate of drug-likeness (QED) is 0.494. The van der Waals surface area contributed by atoms with Crippen LogP contribution in [0.5, 0.6) is 5.75 Å². The second-order valence-electron chi connectivity index (χ2n) is 9.35. The number of rotatable bonds is 7. The number of amides is 2. The molecule has 3 aromatic rings. The molecule has 5 rings (SSSR count). The lowest BCUT2D eigenvalue weighted by atomic mass is 10.1. The van der Waals surface area contributed by atoms with Gasteiger partial charge in [0.15, 0.2) is 0 Å². The van der Waals surface area contributed by atoms with Crippen LogP contribution in [0.2, 0.25) is 0 Å². The van der Waals surface area contributed by atoms with Crippen molar-refractivity contribution in [2.75, 3.05) is 6.61 Å². The average Bonchev–Trinajstić information content (AvgIpc) is 3.42. The first kappa shape index (κ1) is 22.3. The van der Waals surface area contributed by atoms with E-state index >= 15 is 0 Å². The third-order valence-corrected chi connectivity index (χ3v) is 6.54. The molecule has 2 aliphatic rings. The van der Waals surface area contributed by atoms with Crippen LogP contribution in [0.4, 0.5) is 4.39 Å². The number of H-pyrrole nitrogens is 1. The predicted molar refractivity (Wildman–Crippen MR) is 125 cm³/mol. The Balaban J connectivity index is 1.44. The van der Waals surface area contributed by atoms with E-state index in [1.807, 2.05) is 6.92 Å². The normalized spacial score (nSPS) is 19.9. The highest BCUT2D eigenvalue weighted by atomic mass is 19.1. The van der Waals surface area contributed by atoms with Gasteiger partial charge in [-0.15, -0.1) is 0 Å². The standard InChI is InChI=1S/C25H28FN5O3/c1-13-21(25(33)31-18-7-6-17(10-18)30-14(2)32)23-24(29-13)22(27-12-28-23)19-9-16(26)5-8-20(19)34-11-15-3-4-15/h5,8-9,12,15,17-18,29H,3-4,6-7,10-11H2,1-2H3,(H,30,32)(H,31,33)/t17-,18-/m0/s1. The summed E-state index contributed by atoms with van der Waals surface area (Å²) < 4.78 is 20.2. The fraction of sp³-hybridized carbons (Fsp3) is 0.440. The van der Waals surface area contributed by atoms with Crippen molar-refractivity contribution in [2.24, 2.45) is 5.92 Å². The van der Waals surface area contributed by atoms with Crippen molar-refractivity contribution >= 4 is 22.8 Å². The first-order valence-corrected chi connectivity index (χ1v) is 11.7. The number of aromatic nitrogens is 3. The number of aryl methyl sites for hydroxylation is 1. The van der Waals surface area contributed by atoms with Gasteiger partial charge in [0, 0.05) is 30.3 Å². The van der Waals surface area contributed by atoms with Crippen LogP contribution in [-0.4, -0.2) is 45.5 Å². The SMILES string of the molecule is CC(=O)N[C@H]1CC[C@H](NC(=O)c2c(C)[nH]c3c(-c4cc(F)ccc4OCC4CC4)ncnc23)C1. The Bertz CT molecular complexity index is 1250.